The predicted molar refractivity (Wildman–Crippen MR) is 469 cm³/mol. The fourth-order valence-corrected chi connectivity index (χ4v) is 26.1. The van der Waals surface area contributed by atoms with E-state index in [1.165, 1.54) is 29.6 Å². The molecule has 25 heteroatoms. The third-order valence-corrected chi connectivity index (χ3v) is 33.4. The molecule has 0 unspecified atom stereocenters. The van der Waals surface area contributed by atoms with Crippen LogP contribution in [0.4, 0.5) is 0 Å². The van der Waals surface area contributed by atoms with Crippen LogP contribution in [0.15, 0.2) is 203 Å². The van der Waals surface area contributed by atoms with Gasteiger partial charge in [-0.2, -0.15) is 0 Å². The van der Waals surface area contributed by atoms with Gasteiger partial charge in [-0.25, -0.2) is 9.97 Å². The minimum absolute atomic E-state index is 0.000754. The topological polar surface area (TPSA) is 287 Å². The number of azide groups is 2. The Labute approximate surface area is 692 Å². The van der Waals surface area contributed by atoms with Gasteiger partial charge in [0.25, 0.3) is 28.4 Å². The molecule has 2 aromatic heterocycles. The van der Waals surface area contributed by atoms with E-state index in [4.69, 9.17) is 18.6 Å². The van der Waals surface area contributed by atoms with Crippen molar-refractivity contribution >= 4 is 89.7 Å². The number of aliphatic hydroxyl groups excluding tert-OH is 1. The van der Waals surface area contributed by atoms with E-state index in [0.29, 0.717) is 61.6 Å². The fourth-order valence-electron chi connectivity index (χ4n) is 15.2. The largest absolute Gasteiger partial charge is 0.455 e. The number of aliphatic hydroxyl groups is 1. The van der Waals surface area contributed by atoms with Gasteiger partial charge in [0.05, 0.1) is 25.3 Å². The number of carbonyl (C=O) groups excluding carboxylic acids is 5. The zero-order valence-corrected chi connectivity index (χ0v) is 74.0. The molecule has 6 aromatic carbocycles. The molecule has 0 aliphatic heterocycles. The number of benzene rings is 6. The number of carbonyl (C=O) groups is 5. The van der Waals surface area contributed by atoms with E-state index >= 15 is 0 Å². The minimum atomic E-state index is -2.92. The summed E-state index contributed by atoms with van der Waals surface area (Å²) in [6, 6.07) is 58.6. The lowest BCUT2D eigenvalue weighted by atomic mass is 9.92. The third kappa shape index (κ3) is 25.0. The Morgan fingerprint density at radius 3 is 1.13 bits per heavy atom. The summed E-state index contributed by atoms with van der Waals surface area (Å²) in [5.41, 5.74) is 21.1. The minimum Gasteiger partial charge on any atom is -0.455 e. The summed E-state index contributed by atoms with van der Waals surface area (Å²) in [4.78, 5) is 87.6. The zero-order valence-electron chi connectivity index (χ0n) is 70.4. The number of nitrogens with one attached hydrogen (secondary N) is 2. The lowest BCUT2D eigenvalue weighted by molar-refractivity contribution is -0.149. The Bertz CT molecular complexity index is 4330. The zero-order chi connectivity index (χ0) is 84.0. The number of hydrogen-bond acceptors (Lipinski definition) is 15. The van der Waals surface area contributed by atoms with E-state index in [-0.39, 0.29) is 113 Å². The molecule has 0 saturated heterocycles. The van der Waals surface area contributed by atoms with Crippen molar-refractivity contribution in [3.05, 3.63) is 246 Å². The van der Waals surface area contributed by atoms with E-state index in [0.717, 1.165) is 31.9 Å². The second-order valence-corrected chi connectivity index (χ2v) is 43.0. The van der Waals surface area contributed by atoms with Gasteiger partial charge in [0, 0.05) is 65.5 Å². The molecular weight excluding hydrogens is 1510 g/mol. The molecule has 2 heterocycles. The first-order chi connectivity index (χ1) is 54.9. The van der Waals surface area contributed by atoms with Gasteiger partial charge in [-0.05, 0) is 102 Å². The predicted octanol–water partition coefficient (Wildman–Crippen LogP) is 17.5. The van der Waals surface area contributed by atoms with E-state index in [2.05, 4.69) is 186 Å². The number of nitrogens with zero attached hydrogens (tertiary/aromatic N) is 10. The van der Waals surface area contributed by atoms with Crippen LogP contribution < -0.4 is 31.4 Å². The highest BCUT2D eigenvalue weighted by Gasteiger charge is 2.52. The maximum Gasteiger partial charge on any atom is 0.303 e. The van der Waals surface area contributed by atoms with Gasteiger partial charge in [0.15, 0.2) is 6.10 Å². The molecule has 0 aliphatic carbocycles. The second kappa shape index (κ2) is 44.8. The molecule has 0 fully saturated rings. The Balaban J connectivity index is 0.000000319. The highest BCUT2D eigenvalue weighted by Crippen LogP contribution is 2.40. The van der Waals surface area contributed by atoms with E-state index in [1.54, 1.807) is 20.6 Å². The number of aromatic nitrogens is 2. The molecule has 0 radical (unpaired) electrons. The van der Waals surface area contributed by atoms with Crippen LogP contribution >= 0.6 is 22.7 Å². The average Bonchev–Trinajstić information content (AvgIpc) is 1.65. The summed E-state index contributed by atoms with van der Waals surface area (Å²) in [6.45, 7) is 35.9. The van der Waals surface area contributed by atoms with Crippen LogP contribution in [0.1, 0.15) is 211 Å². The molecule has 3 N–H and O–H groups in total. The Morgan fingerprint density at radius 1 is 0.504 bits per heavy atom. The average molecular weight is 1640 g/mol. The van der Waals surface area contributed by atoms with Crippen LogP contribution in [0.3, 0.4) is 0 Å². The Hall–Kier alpha value is -9.14. The Morgan fingerprint density at radius 2 is 0.826 bits per heavy atom. The van der Waals surface area contributed by atoms with Crippen LogP contribution in [-0.2, 0) is 40.8 Å². The summed E-state index contributed by atoms with van der Waals surface area (Å²) in [5, 5.41) is 34.2. The quantitative estimate of drug-likeness (QED) is 0.0106. The van der Waals surface area contributed by atoms with Gasteiger partial charge in [0.2, 0.25) is 11.8 Å². The van der Waals surface area contributed by atoms with Crippen LogP contribution in [0.25, 0.3) is 20.9 Å². The van der Waals surface area contributed by atoms with Crippen molar-refractivity contribution < 1.29 is 42.7 Å². The molecule has 4 amide bonds. The molecule has 8 aromatic rings. The summed E-state index contributed by atoms with van der Waals surface area (Å²) >= 11 is 2.47. The molecule has 0 aliphatic rings. The molecule has 616 valence electrons. The van der Waals surface area contributed by atoms with E-state index in [1.807, 2.05) is 142 Å². The normalized spacial score (nSPS) is 14.5. The lowest BCUT2D eigenvalue weighted by Gasteiger charge is -2.43. The van der Waals surface area contributed by atoms with Crippen molar-refractivity contribution in [2.75, 3.05) is 26.3 Å². The summed E-state index contributed by atoms with van der Waals surface area (Å²) in [5.74, 6) is -2.01. The lowest BCUT2D eigenvalue weighted by Crippen LogP contribution is -2.67. The number of ether oxygens (including phenoxy) is 1. The van der Waals surface area contributed by atoms with Crippen LogP contribution in [0.2, 0.25) is 10.1 Å². The van der Waals surface area contributed by atoms with Gasteiger partial charge in [-0.3, -0.25) is 24.0 Å². The molecular formula is C90H122N12O9S2Si2. The van der Waals surface area contributed by atoms with Crippen molar-refractivity contribution in [1.82, 2.24) is 30.4 Å². The van der Waals surface area contributed by atoms with E-state index < -0.39 is 52.9 Å². The fraction of sp³-hybridized carbons (Fsp3) is 0.478. The van der Waals surface area contributed by atoms with Gasteiger partial charge >= 0.3 is 5.97 Å². The van der Waals surface area contributed by atoms with Crippen molar-refractivity contribution in [3.8, 4) is 0 Å². The molecule has 115 heavy (non-hydrogen) atoms. The van der Waals surface area contributed by atoms with Crippen molar-refractivity contribution in [3.63, 3.8) is 0 Å². The second-order valence-electron chi connectivity index (χ2n) is 32.7. The SMILES string of the molecule is CCCN(C(=O)[C@@H](N=[N+]=[N-])[C@@H](C)CC)[C@H](C[C@@H](O)c1nc(C(=O)N[C@H](CO[Si](c2ccccc2)(c2ccccc2)C(C)(C)C)Cc2ccccc2)cs1)C(C)C.CCCN(C(=O)[C@@H](N=[N+]=[N-])[C@@H](C)CC)[C@H](C[C@@H](OC(C)=O)c1nc(C(=O)N[C@H](CO[Si](c2ccccc2)(c2ccccc2)C(C)(C)C)Cc2ccccc2)cs1)C(C)C. The van der Waals surface area contributed by atoms with Crippen LogP contribution in [-0.4, -0.2) is 134 Å². The first kappa shape index (κ1) is 93.0. The van der Waals surface area contributed by atoms with Crippen molar-refractivity contribution in [1.29, 1.82) is 0 Å². The molecule has 10 atom stereocenters. The first-order valence-electron chi connectivity index (χ1n) is 40.6. The third-order valence-electron chi connectivity index (χ3n) is 21.5. The molecule has 0 bridgehead atoms. The summed E-state index contributed by atoms with van der Waals surface area (Å²) in [7, 11) is -5.81. The maximum atomic E-state index is 14.2. The Kier molecular flexibility index (Phi) is 36.3. The molecule has 8 rings (SSSR count). The number of thiazole rings is 2. The maximum absolute atomic E-state index is 14.2. The molecule has 21 nitrogen and oxygen atoms in total. The first-order valence-corrected chi connectivity index (χ1v) is 46.2. The highest BCUT2D eigenvalue weighted by molar-refractivity contribution is 7.10. The monoisotopic (exact) mass is 1630 g/mol. The summed E-state index contributed by atoms with van der Waals surface area (Å²) in [6.07, 6.45) is 2.47. The van der Waals surface area contributed by atoms with Crippen LogP contribution in [0.5, 0.6) is 0 Å². The number of rotatable bonds is 41. The summed E-state index contributed by atoms with van der Waals surface area (Å²) < 4.78 is 20.5. The van der Waals surface area contributed by atoms with Crippen molar-refractivity contribution in [2.24, 2.45) is 33.9 Å². The van der Waals surface area contributed by atoms with Crippen LogP contribution in [0, 0.1) is 23.7 Å². The standard InChI is InChI=1S/C46H62N6O5SSi.C44H60N6O4SSi/c1-10-27-52(45(55)42(50-51-47)33(5)11-2)40(32(3)4)29-41(57-34(6)53)44-49-39(31-58-44)43(54)48-36(28-35-21-15-12-16-22-35)30-56-59(46(7,8)9,37-23-17-13-18-24-37)38-25-19-14-20-26-38;1-9-26-50(43(53)40(48-49-45)32(5)10-2)38(31(3)4)28-39(51)42-47-37(30-55-42)41(52)46-34(27-33-20-14-11-15-21-33)29-54-56(44(6,7)8,35-22-16-12-17-23-35)36-24-18-13-19-25-36/h12-26,31-33,36,40-42H,10-11,27-30H2,1-9H3,(H,48,54);11-25,30-32,34,38-40,51H,9-10,26-29H2,1-8H3,(H,46,52)/t33-,36-,40+,41+,42-;32-,34-,38+,39+,40-/m00/s1. The molecule has 0 saturated carbocycles. The number of esters is 1. The number of hydrogen-bond donors (Lipinski definition) is 3. The van der Waals surface area contributed by atoms with Gasteiger partial charge in [-0.1, -0.05) is 316 Å². The molecule has 0 spiro atoms. The smallest absolute Gasteiger partial charge is 0.303 e. The van der Waals surface area contributed by atoms with Crippen molar-refractivity contribution in [2.45, 2.75) is 228 Å². The van der Waals surface area contributed by atoms with E-state index in [9.17, 15) is 40.1 Å². The van der Waals surface area contributed by atoms with Gasteiger partial charge in [0.1, 0.15) is 39.6 Å². The highest BCUT2D eigenvalue weighted by atomic mass is 32.1. The van der Waals surface area contributed by atoms with Gasteiger partial charge in [-0.15, -0.1) is 22.7 Å². The van der Waals surface area contributed by atoms with Gasteiger partial charge < -0.3 is 39.1 Å². The number of amides is 4.